The van der Waals surface area contributed by atoms with Crippen molar-refractivity contribution in [3.05, 3.63) is 11.9 Å². The minimum absolute atomic E-state index is 0.0850. The second kappa shape index (κ2) is 3.92. The fourth-order valence-corrected chi connectivity index (χ4v) is 0.975. The quantitative estimate of drug-likeness (QED) is 0.550. The molecule has 0 aliphatic carbocycles. The molecule has 1 aromatic heterocycles. The van der Waals surface area contributed by atoms with Gasteiger partial charge in [-0.2, -0.15) is 15.0 Å². The van der Waals surface area contributed by atoms with Gasteiger partial charge in [0.2, 0.25) is 0 Å². The van der Waals surface area contributed by atoms with Gasteiger partial charge in [0.05, 0.1) is 12.6 Å². The van der Waals surface area contributed by atoms with Crippen LogP contribution in [-0.4, -0.2) is 26.6 Å². The maximum absolute atomic E-state index is 11.6. The minimum Gasteiger partial charge on any atom is -0.299 e. The van der Waals surface area contributed by atoms with Crippen molar-refractivity contribution >= 4 is 11.6 Å². The fourth-order valence-electron chi connectivity index (χ4n) is 0.975. The lowest BCUT2D eigenvalue weighted by Crippen LogP contribution is -2.23. The summed E-state index contributed by atoms with van der Waals surface area (Å²) in [5, 5.41) is 7.63. The lowest BCUT2D eigenvalue weighted by atomic mass is 9.88. The van der Waals surface area contributed by atoms with Crippen molar-refractivity contribution in [2.45, 2.75) is 27.2 Å². The zero-order valence-corrected chi connectivity index (χ0v) is 9.44. The van der Waals surface area contributed by atoms with Crippen molar-refractivity contribution in [1.29, 1.82) is 0 Å². The molecule has 0 bridgehead atoms. The van der Waals surface area contributed by atoms with Crippen molar-refractivity contribution in [3.8, 4) is 0 Å². The molecular formula is C10H15N3O2. The highest BCUT2D eigenvalue weighted by molar-refractivity contribution is 6.08. The largest absolute Gasteiger partial charge is 0.299 e. The summed E-state index contributed by atoms with van der Waals surface area (Å²) in [6, 6.07) is 0. The number of carbonyl (C=O) groups excluding carboxylic acids is 2. The highest BCUT2D eigenvalue weighted by atomic mass is 16.1. The number of ketones is 2. The van der Waals surface area contributed by atoms with Gasteiger partial charge in [0, 0.05) is 12.5 Å². The zero-order valence-electron chi connectivity index (χ0n) is 9.44. The van der Waals surface area contributed by atoms with Crippen molar-refractivity contribution in [1.82, 2.24) is 15.0 Å². The highest BCUT2D eigenvalue weighted by Crippen LogP contribution is 2.17. The van der Waals surface area contributed by atoms with E-state index in [1.807, 2.05) is 0 Å². The normalized spacial score (nSPS) is 11.5. The van der Waals surface area contributed by atoms with Crippen LogP contribution >= 0.6 is 0 Å². The van der Waals surface area contributed by atoms with Crippen LogP contribution in [0.2, 0.25) is 0 Å². The minimum atomic E-state index is -0.488. The molecule has 5 heteroatoms. The van der Waals surface area contributed by atoms with Crippen LogP contribution in [0.15, 0.2) is 6.20 Å². The summed E-state index contributed by atoms with van der Waals surface area (Å²) in [4.78, 5) is 24.5. The average molecular weight is 209 g/mol. The number of hydrogen-bond donors (Lipinski definition) is 0. The van der Waals surface area contributed by atoms with Gasteiger partial charge in [-0.25, -0.2) is 0 Å². The molecule has 0 spiro atoms. The molecule has 0 aliphatic rings. The number of rotatable bonds is 3. The third-order valence-corrected chi connectivity index (χ3v) is 2.04. The second-order valence-corrected chi connectivity index (χ2v) is 4.49. The average Bonchev–Trinajstić information content (AvgIpc) is 2.50. The third kappa shape index (κ3) is 2.97. The van der Waals surface area contributed by atoms with E-state index in [4.69, 9.17) is 0 Å². The van der Waals surface area contributed by atoms with Gasteiger partial charge in [-0.3, -0.25) is 9.59 Å². The number of aromatic nitrogens is 3. The molecule has 82 valence electrons. The molecule has 0 N–H and O–H groups in total. The van der Waals surface area contributed by atoms with Crippen LogP contribution in [0.1, 0.15) is 37.7 Å². The van der Waals surface area contributed by atoms with E-state index in [9.17, 15) is 9.59 Å². The van der Waals surface area contributed by atoms with E-state index in [0.717, 1.165) is 0 Å². The summed E-state index contributed by atoms with van der Waals surface area (Å²) in [6.45, 7) is 5.37. The maximum Gasteiger partial charge on any atom is 0.192 e. The van der Waals surface area contributed by atoms with Crippen LogP contribution < -0.4 is 0 Å². The van der Waals surface area contributed by atoms with Gasteiger partial charge in [-0.15, -0.1) is 0 Å². The van der Waals surface area contributed by atoms with Crippen LogP contribution in [0.3, 0.4) is 0 Å². The van der Waals surface area contributed by atoms with Crippen LogP contribution in [0.5, 0.6) is 0 Å². The van der Waals surface area contributed by atoms with Crippen molar-refractivity contribution < 1.29 is 9.59 Å². The first-order valence-electron chi connectivity index (χ1n) is 4.73. The lowest BCUT2D eigenvalue weighted by molar-refractivity contribution is -0.125. The summed E-state index contributed by atoms with van der Waals surface area (Å²) < 4.78 is 0. The standard InChI is InChI=1S/C10H15N3O2/c1-10(2,3)9(15)5-8(14)7-6-11-13(4)12-7/h6H,5H2,1-4H3. The summed E-state index contributed by atoms with van der Waals surface area (Å²) in [6.07, 6.45) is 1.26. The third-order valence-electron chi connectivity index (χ3n) is 2.04. The molecule has 0 unspecified atom stereocenters. The van der Waals surface area contributed by atoms with Crippen LogP contribution in [0.25, 0.3) is 0 Å². The monoisotopic (exact) mass is 209 g/mol. The molecule has 0 amide bonds. The fraction of sp³-hybridized carbons (Fsp3) is 0.600. The summed E-state index contributed by atoms with van der Waals surface area (Å²) in [5.74, 6) is -0.360. The van der Waals surface area contributed by atoms with Gasteiger partial charge in [0.25, 0.3) is 0 Å². The Morgan fingerprint density at radius 1 is 1.40 bits per heavy atom. The number of Topliss-reactive ketones (excluding diaryl/α,β-unsaturated/α-hetero) is 2. The van der Waals surface area contributed by atoms with Gasteiger partial charge >= 0.3 is 0 Å². The molecule has 0 saturated heterocycles. The van der Waals surface area contributed by atoms with Gasteiger partial charge in [-0.05, 0) is 0 Å². The molecule has 0 fully saturated rings. The Morgan fingerprint density at radius 2 is 2.00 bits per heavy atom. The Morgan fingerprint density at radius 3 is 2.40 bits per heavy atom. The molecule has 0 atom stereocenters. The predicted molar refractivity (Wildman–Crippen MR) is 54.4 cm³/mol. The van der Waals surface area contributed by atoms with Crippen molar-refractivity contribution in [2.24, 2.45) is 12.5 Å². The van der Waals surface area contributed by atoms with E-state index in [2.05, 4.69) is 10.2 Å². The van der Waals surface area contributed by atoms with E-state index < -0.39 is 5.41 Å². The molecule has 1 rings (SSSR count). The van der Waals surface area contributed by atoms with E-state index in [0.29, 0.717) is 0 Å². The topological polar surface area (TPSA) is 64.8 Å². The van der Waals surface area contributed by atoms with Gasteiger partial charge < -0.3 is 0 Å². The zero-order chi connectivity index (χ0) is 11.6. The van der Waals surface area contributed by atoms with Crippen LogP contribution in [0.4, 0.5) is 0 Å². The molecule has 1 aromatic rings. The number of hydrogen-bond acceptors (Lipinski definition) is 4. The molecule has 5 nitrogen and oxygen atoms in total. The van der Waals surface area contributed by atoms with E-state index >= 15 is 0 Å². The lowest BCUT2D eigenvalue weighted by Gasteiger charge is -2.14. The summed E-state index contributed by atoms with van der Waals surface area (Å²) in [7, 11) is 1.63. The molecule has 1 heterocycles. The Bertz CT molecular complexity index is 388. The van der Waals surface area contributed by atoms with Gasteiger partial charge in [0.15, 0.2) is 5.78 Å². The van der Waals surface area contributed by atoms with E-state index in [1.165, 1.54) is 11.0 Å². The van der Waals surface area contributed by atoms with Crippen LogP contribution in [-0.2, 0) is 11.8 Å². The predicted octanol–water partition coefficient (Wildman–Crippen LogP) is 1.00. The molecule has 0 saturated carbocycles. The van der Waals surface area contributed by atoms with E-state index in [-0.39, 0.29) is 23.7 Å². The smallest absolute Gasteiger partial charge is 0.192 e. The highest BCUT2D eigenvalue weighted by Gasteiger charge is 2.25. The van der Waals surface area contributed by atoms with Gasteiger partial charge in [-0.1, -0.05) is 20.8 Å². The van der Waals surface area contributed by atoms with Crippen molar-refractivity contribution in [3.63, 3.8) is 0 Å². The Kier molecular flexibility index (Phi) is 3.02. The molecule has 15 heavy (non-hydrogen) atoms. The Labute approximate surface area is 88.5 Å². The first-order chi connectivity index (χ1) is 6.80. The number of carbonyl (C=O) groups is 2. The van der Waals surface area contributed by atoms with Crippen molar-refractivity contribution in [2.75, 3.05) is 0 Å². The first-order valence-corrected chi connectivity index (χ1v) is 4.73. The Hall–Kier alpha value is -1.52. The van der Waals surface area contributed by atoms with Gasteiger partial charge in [0.1, 0.15) is 11.5 Å². The SMILES string of the molecule is Cn1ncc(C(=O)CC(=O)C(C)(C)C)n1. The molecular weight excluding hydrogens is 194 g/mol. The number of aryl methyl sites for hydroxylation is 1. The summed E-state index contributed by atoms with van der Waals surface area (Å²) >= 11 is 0. The molecule has 0 aromatic carbocycles. The Balaban J connectivity index is 2.69. The maximum atomic E-state index is 11.6. The van der Waals surface area contributed by atoms with E-state index in [1.54, 1.807) is 27.8 Å². The van der Waals surface area contributed by atoms with Crippen LogP contribution in [0, 0.1) is 5.41 Å². The second-order valence-electron chi connectivity index (χ2n) is 4.49. The number of nitrogens with zero attached hydrogens (tertiary/aromatic N) is 3. The first kappa shape index (κ1) is 11.6. The molecule has 0 aliphatic heterocycles. The summed E-state index contributed by atoms with van der Waals surface area (Å²) in [5.41, 5.74) is -0.243. The molecule has 0 radical (unpaired) electrons.